The molecule has 0 radical (unpaired) electrons. The molecular formula is C20H24N2O4S. The van der Waals surface area contributed by atoms with Crippen LogP contribution in [0.15, 0.2) is 41.3 Å². The summed E-state index contributed by atoms with van der Waals surface area (Å²) < 4.78 is 39.6. The Hall–Kier alpha value is -2.25. The van der Waals surface area contributed by atoms with Crippen molar-refractivity contribution in [3.8, 4) is 11.5 Å². The van der Waals surface area contributed by atoms with Crippen molar-refractivity contribution in [2.24, 2.45) is 5.92 Å². The first-order valence-corrected chi connectivity index (χ1v) is 10.7. The number of nitrogens with one attached hydrogen (secondary N) is 1. The van der Waals surface area contributed by atoms with Crippen LogP contribution in [0.5, 0.6) is 11.5 Å². The van der Waals surface area contributed by atoms with Gasteiger partial charge in [0, 0.05) is 25.7 Å². The van der Waals surface area contributed by atoms with E-state index in [-0.39, 0.29) is 4.90 Å². The Bertz CT molecular complexity index is 956. The number of hydrogen-bond acceptors (Lipinski definition) is 5. The van der Waals surface area contributed by atoms with Crippen molar-refractivity contribution in [1.29, 1.82) is 0 Å². The van der Waals surface area contributed by atoms with Crippen LogP contribution in [-0.4, -0.2) is 33.1 Å². The van der Waals surface area contributed by atoms with Crippen molar-refractivity contribution in [3.05, 3.63) is 47.5 Å². The number of benzene rings is 2. The molecule has 1 N–H and O–H groups in total. The smallest absolute Gasteiger partial charge is 0.262 e. The van der Waals surface area contributed by atoms with Crippen molar-refractivity contribution in [2.45, 2.75) is 31.8 Å². The fraction of sp³-hybridized carbons (Fsp3) is 0.400. The van der Waals surface area contributed by atoms with E-state index in [1.807, 2.05) is 12.1 Å². The van der Waals surface area contributed by atoms with Crippen LogP contribution < -0.4 is 14.2 Å². The Morgan fingerprint density at radius 1 is 1.07 bits per heavy atom. The van der Waals surface area contributed by atoms with Gasteiger partial charge in [0.2, 0.25) is 0 Å². The molecular weight excluding hydrogens is 364 g/mol. The molecule has 2 aromatic rings. The van der Waals surface area contributed by atoms with Gasteiger partial charge in [0.1, 0.15) is 13.2 Å². The van der Waals surface area contributed by atoms with Crippen molar-refractivity contribution in [3.63, 3.8) is 0 Å². The van der Waals surface area contributed by atoms with Gasteiger partial charge in [-0.1, -0.05) is 26.0 Å². The average molecular weight is 388 g/mol. The fourth-order valence-electron chi connectivity index (χ4n) is 3.63. The van der Waals surface area contributed by atoms with E-state index in [0.717, 1.165) is 25.2 Å². The van der Waals surface area contributed by atoms with E-state index in [0.29, 0.717) is 36.3 Å². The third-order valence-corrected chi connectivity index (χ3v) is 6.10. The Morgan fingerprint density at radius 2 is 1.85 bits per heavy atom. The van der Waals surface area contributed by atoms with Crippen LogP contribution in [-0.2, 0) is 23.1 Å². The van der Waals surface area contributed by atoms with E-state index in [9.17, 15) is 8.42 Å². The van der Waals surface area contributed by atoms with Gasteiger partial charge in [-0.3, -0.25) is 9.62 Å². The molecule has 0 amide bonds. The minimum absolute atomic E-state index is 0.168. The highest BCUT2D eigenvalue weighted by atomic mass is 32.2. The number of fused-ring (bicyclic) bond motifs is 2. The molecule has 144 valence electrons. The first-order valence-electron chi connectivity index (χ1n) is 9.18. The molecule has 0 fully saturated rings. The maximum Gasteiger partial charge on any atom is 0.262 e. The summed E-state index contributed by atoms with van der Waals surface area (Å²) >= 11 is 0. The molecule has 2 aliphatic heterocycles. The summed E-state index contributed by atoms with van der Waals surface area (Å²) in [5.74, 6) is 1.60. The fourth-order valence-corrected chi connectivity index (χ4v) is 4.73. The van der Waals surface area contributed by atoms with Gasteiger partial charge in [-0.25, -0.2) is 8.42 Å². The molecule has 2 aliphatic rings. The van der Waals surface area contributed by atoms with E-state index < -0.39 is 10.0 Å². The number of ether oxygens (including phenoxy) is 2. The highest BCUT2D eigenvalue weighted by Gasteiger charge is 2.25. The average Bonchev–Trinajstić information content (AvgIpc) is 3.04. The molecule has 2 aromatic carbocycles. The summed E-state index contributed by atoms with van der Waals surface area (Å²) in [6.07, 6.45) is 0. The van der Waals surface area contributed by atoms with E-state index in [1.54, 1.807) is 12.1 Å². The van der Waals surface area contributed by atoms with Crippen LogP contribution in [0, 0.1) is 5.92 Å². The van der Waals surface area contributed by atoms with Gasteiger partial charge < -0.3 is 9.47 Å². The molecule has 0 atom stereocenters. The normalized spacial score (nSPS) is 16.4. The minimum atomic E-state index is -3.71. The molecule has 0 bridgehead atoms. The zero-order valence-electron chi connectivity index (χ0n) is 15.6. The van der Waals surface area contributed by atoms with Gasteiger partial charge in [0.15, 0.2) is 11.5 Å². The van der Waals surface area contributed by atoms with Crippen molar-refractivity contribution in [2.75, 3.05) is 24.5 Å². The topological polar surface area (TPSA) is 67.9 Å². The zero-order chi connectivity index (χ0) is 19.0. The molecule has 0 spiro atoms. The van der Waals surface area contributed by atoms with Crippen LogP contribution in [0.4, 0.5) is 5.69 Å². The second-order valence-corrected chi connectivity index (χ2v) is 9.10. The van der Waals surface area contributed by atoms with Crippen LogP contribution in [0.2, 0.25) is 0 Å². The van der Waals surface area contributed by atoms with Crippen molar-refractivity contribution >= 4 is 15.7 Å². The molecule has 2 heterocycles. The van der Waals surface area contributed by atoms with Crippen LogP contribution in [0.3, 0.4) is 0 Å². The lowest BCUT2D eigenvalue weighted by Gasteiger charge is -2.19. The second kappa shape index (κ2) is 7.05. The van der Waals surface area contributed by atoms with Gasteiger partial charge in [-0.2, -0.15) is 0 Å². The first kappa shape index (κ1) is 18.1. The van der Waals surface area contributed by atoms with Crippen LogP contribution in [0.25, 0.3) is 0 Å². The molecule has 0 saturated carbocycles. The molecule has 0 unspecified atom stereocenters. The van der Waals surface area contributed by atoms with E-state index in [2.05, 4.69) is 29.5 Å². The Morgan fingerprint density at radius 3 is 2.63 bits per heavy atom. The summed E-state index contributed by atoms with van der Waals surface area (Å²) in [6, 6.07) is 10.5. The van der Waals surface area contributed by atoms with Gasteiger partial charge in [0.05, 0.1) is 10.6 Å². The number of hydrogen-bond donors (Lipinski definition) is 1. The number of anilines is 1. The summed E-state index contributed by atoms with van der Waals surface area (Å²) in [5, 5.41) is 0. The third kappa shape index (κ3) is 3.75. The Kier molecular flexibility index (Phi) is 4.74. The van der Waals surface area contributed by atoms with Gasteiger partial charge >= 0.3 is 0 Å². The lowest BCUT2D eigenvalue weighted by molar-refractivity contribution is 0.171. The number of sulfonamides is 1. The summed E-state index contributed by atoms with van der Waals surface area (Å²) in [4.78, 5) is 2.51. The predicted octanol–water partition coefficient (Wildman–Crippen LogP) is 3.23. The quantitative estimate of drug-likeness (QED) is 0.852. The van der Waals surface area contributed by atoms with E-state index in [4.69, 9.17) is 9.47 Å². The maximum absolute atomic E-state index is 12.9. The molecule has 0 aliphatic carbocycles. The Labute approximate surface area is 160 Å². The minimum Gasteiger partial charge on any atom is -0.486 e. The second-order valence-electron chi connectivity index (χ2n) is 7.42. The lowest BCUT2D eigenvalue weighted by atomic mass is 10.1. The largest absolute Gasteiger partial charge is 0.486 e. The van der Waals surface area contributed by atoms with Crippen molar-refractivity contribution in [1.82, 2.24) is 4.90 Å². The highest BCUT2D eigenvalue weighted by Crippen LogP contribution is 2.34. The van der Waals surface area contributed by atoms with E-state index in [1.165, 1.54) is 11.6 Å². The summed E-state index contributed by atoms with van der Waals surface area (Å²) in [7, 11) is -3.71. The maximum atomic E-state index is 12.9. The van der Waals surface area contributed by atoms with Gasteiger partial charge in [-0.05, 0) is 35.2 Å². The predicted molar refractivity (Wildman–Crippen MR) is 104 cm³/mol. The summed E-state index contributed by atoms with van der Waals surface area (Å²) in [5.41, 5.74) is 2.88. The number of rotatable bonds is 5. The van der Waals surface area contributed by atoms with Crippen LogP contribution >= 0.6 is 0 Å². The SMILES string of the molecule is CC(C)CN1Cc2cccc(NS(=O)(=O)c3ccc4c(c3)OCCO4)c2C1. The highest BCUT2D eigenvalue weighted by molar-refractivity contribution is 7.92. The standard InChI is InChI=1S/C20H24N2O4S/c1-14(2)11-22-12-15-4-3-5-18(17(15)13-22)21-27(23,24)16-6-7-19-20(10-16)26-9-8-25-19/h3-7,10,14,21H,8-9,11-13H2,1-2H3. The molecule has 0 aromatic heterocycles. The van der Waals surface area contributed by atoms with Crippen molar-refractivity contribution < 1.29 is 17.9 Å². The molecule has 4 rings (SSSR count). The van der Waals surface area contributed by atoms with Gasteiger partial charge in [-0.15, -0.1) is 0 Å². The summed E-state index contributed by atoms with van der Waals surface area (Å²) in [6.45, 7) is 7.87. The number of nitrogens with zero attached hydrogens (tertiary/aromatic N) is 1. The van der Waals surface area contributed by atoms with E-state index >= 15 is 0 Å². The first-order chi connectivity index (χ1) is 12.9. The lowest BCUT2D eigenvalue weighted by Crippen LogP contribution is -2.21. The molecule has 0 saturated heterocycles. The van der Waals surface area contributed by atoms with Gasteiger partial charge in [0.25, 0.3) is 10.0 Å². The third-order valence-electron chi connectivity index (χ3n) is 4.74. The zero-order valence-corrected chi connectivity index (χ0v) is 16.4. The monoisotopic (exact) mass is 388 g/mol. The molecule has 27 heavy (non-hydrogen) atoms. The molecule has 7 heteroatoms. The molecule has 6 nitrogen and oxygen atoms in total. The van der Waals surface area contributed by atoms with Crippen LogP contribution in [0.1, 0.15) is 25.0 Å². The Balaban J connectivity index is 1.59.